The highest BCUT2D eigenvalue weighted by Gasteiger charge is 2.28. The van der Waals surface area contributed by atoms with E-state index in [9.17, 15) is 9.59 Å². The Balaban J connectivity index is 1.61. The zero-order valence-corrected chi connectivity index (χ0v) is 21.5. The van der Waals surface area contributed by atoms with Gasteiger partial charge in [0.1, 0.15) is 18.5 Å². The Morgan fingerprint density at radius 1 is 1.17 bits per heavy atom. The number of benzene rings is 1. The van der Waals surface area contributed by atoms with E-state index >= 15 is 0 Å². The largest absolute Gasteiger partial charge is 0.465 e. The first-order valence-corrected chi connectivity index (χ1v) is 12.3. The Hall–Kier alpha value is -3.33. The second-order valence-corrected chi connectivity index (χ2v) is 9.27. The summed E-state index contributed by atoms with van der Waals surface area (Å²) in [4.78, 5) is 38.1. The molecule has 3 aromatic rings. The van der Waals surface area contributed by atoms with Crippen LogP contribution in [0.5, 0.6) is 0 Å². The molecule has 0 amide bonds. The van der Waals surface area contributed by atoms with Crippen LogP contribution in [0.2, 0.25) is 0 Å². The lowest BCUT2D eigenvalue weighted by atomic mass is 10.0. The molecule has 1 unspecified atom stereocenters. The van der Waals surface area contributed by atoms with E-state index in [0.717, 1.165) is 38.6 Å². The van der Waals surface area contributed by atoms with E-state index in [-0.39, 0.29) is 31.6 Å². The number of carbonyl (C=O) groups is 2. The number of nitrogens with zero attached hydrogens (tertiary/aromatic N) is 4. The number of fused-ring (bicyclic) bond motifs is 3. The van der Waals surface area contributed by atoms with Gasteiger partial charge in [-0.25, -0.2) is 4.98 Å². The van der Waals surface area contributed by atoms with E-state index in [0.29, 0.717) is 6.42 Å². The third-order valence-corrected chi connectivity index (χ3v) is 6.22. The predicted molar refractivity (Wildman–Crippen MR) is 135 cm³/mol. The van der Waals surface area contributed by atoms with Crippen LogP contribution in [0.4, 0.5) is 0 Å². The van der Waals surface area contributed by atoms with Crippen molar-refractivity contribution in [2.75, 3.05) is 13.2 Å². The van der Waals surface area contributed by atoms with Gasteiger partial charge < -0.3 is 9.47 Å². The average Bonchev–Trinajstić information content (AvgIpc) is 3.19. The second-order valence-electron chi connectivity index (χ2n) is 8.36. The van der Waals surface area contributed by atoms with E-state index < -0.39 is 11.9 Å². The molecule has 1 aromatic carbocycles. The van der Waals surface area contributed by atoms with E-state index in [1.54, 1.807) is 20.0 Å². The number of rotatable bonds is 8. The highest BCUT2D eigenvalue weighted by atomic mass is 79.9. The number of hydrogen-bond donors (Lipinski definition) is 0. The van der Waals surface area contributed by atoms with Gasteiger partial charge in [0.15, 0.2) is 0 Å². The Kier molecular flexibility index (Phi) is 7.75. The molecule has 0 fully saturated rings. The van der Waals surface area contributed by atoms with Gasteiger partial charge in [-0.2, -0.15) is 0 Å². The van der Waals surface area contributed by atoms with Crippen LogP contribution in [0.15, 0.2) is 58.3 Å². The first-order chi connectivity index (χ1) is 16.9. The van der Waals surface area contributed by atoms with Crippen LogP contribution in [0, 0.1) is 12.8 Å². The molecule has 2 aromatic heterocycles. The van der Waals surface area contributed by atoms with Crippen LogP contribution in [-0.2, 0) is 19.1 Å². The first kappa shape index (κ1) is 24.8. The van der Waals surface area contributed by atoms with Crippen LogP contribution in [0.3, 0.4) is 0 Å². The number of hydrogen-bond acceptors (Lipinski definition) is 7. The van der Waals surface area contributed by atoms with Crippen molar-refractivity contribution in [3.8, 4) is 5.69 Å². The maximum atomic E-state index is 12.4. The molecule has 0 radical (unpaired) electrons. The number of aliphatic imine (C=N–C) groups is 1. The lowest BCUT2D eigenvalue weighted by Gasteiger charge is -2.15. The molecule has 0 bridgehead atoms. The summed E-state index contributed by atoms with van der Waals surface area (Å²) in [5.41, 5.74) is 4.39. The smallest absolute Gasteiger partial charge is 0.312 e. The zero-order valence-electron chi connectivity index (χ0n) is 19.9. The number of halogens is 1. The quantitative estimate of drug-likeness (QED) is 0.384. The molecule has 1 aliphatic heterocycles. The van der Waals surface area contributed by atoms with Crippen molar-refractivity contribution >= 4 is 33.6 Å². The van der Waals surface area contributed by atoms with Crippen molar-refractivity contribution in [2.24, 2.45) is 10.9 Å². The van der Waals surface area contributed by atoms with E-state index in [2.05, 4.69) is 30.5 Å². The number of aromatic nitrogens is 3. The first-order valence-electron chi connectivity index (χ1n) is 11.5. The fourth-order valence-corrected chi connectivity index (χ4v) is 4.24. The Bertz CT molecular complexity index is 1260. The summed E-state index contributed by atoms with van der Waals surface area (Å²) in [6.45, 7) is 5.55. The Morgan fingerprint density at radius 2 is 2.00 bits per heavy atom. The standard InChI is InChI=1S/C26H27BrN4O4/c1-4-23(32)35-15-16(2)26(33)34-12-10-21-25-29-14-17(3)31(25)22-9-8-18(27)13-19(22)24(30-21)20-7-5-6-11-28-20/h5-9,11,13-14,16,21H,4,10,12,15H2,1-3H3/t16?,21-/m0/s1. The van der Waals surface area contributed by atoms with Gasteiger partial charge in [-0.1, -0.05) is 28.9 Å². The fraction of sp³-hybridized carbons (Fsp3) is 0.346. The number of carbonyl (C=O) groups excluding carboxylic acids is 2. The molecular weight excluding hydrogens is 512 g/mol. The van der Waals surface area contributed by atoms with Crippen molar-refractivity contribution in [1.82, 2.24) is 14.5 Å². The third kappa shape index (κ3) is 5.51. The summed E-state index contributed by atoms with van der Waals surface area (Å²) in [6.07, 6.45) is 4.28. The van der Waals surface area contributed by atoms with Crippen molar-refractivity contribution in [1.29, 1.82) is 0 Å². The van der Waals surface area contributed by atoms with Crippen molar-refractivity contribution < 1.29 is 19.1 Å². The van der Waals surface area contributed by atoms with Gasteiger partial charge >= 0.3 is 11.9 Å². The van der Waals surface area contributed by atoms with E-state index in [1.807, 2.05) is 49.5 Å². The van der Waals surface area contributed by atoms with Crippen molar-refractivity contribution in [3.05, 3.63) is 76.0 Å². The number of pyridine rings is 1. The molecule has 0 saturated heterocycles. The van der Waals surface area contributed by atoms with Gasteiger partial charge in [0.25, 0.3) is 0 Å². The second kappa shape index (κ2) is 10.9. The lowest BCUT2D eigenvalue weighted by molar-refractivity contribution is -0.154. The van der Waals surface area contributed by atoms with Crippen LogP contribution in [0.25, 0.3) is 5.69 Å². The topological polar surface area (TPSA) is 95.7 Å². The van der Waals surface area contributed by atoms with Gasteiger partial charge in [0, 0.05) is 41.0 Å². The molecule has 9 heteroatoms. The monoisotopic (exact) mass is 538 g/mol. The van der Waals surface area contributed by atoms with Gasteiger partial charge in [-0.3, -0.25) is 24.1 Å². The summed E-state index contributed by atoms with van der Waals surface area (Å²) < 4.78 is 13.6. The summed E-state index contributed by atoms with van der Waals surface area (Å²) in [5.74, 6) is -0.521. The summed E-state index contributed by atoms with van der Waals surface area (Å²) in [5, 5.41) is 0. The molecule has 4 rings (SSSR count). The maximum Gasteiger partial charge on any atom is 0.312 e. The summed E-state index contributed by atoms with van der Waals surface area (Å²) in [7, 11) is 0. The van der Waals surface area contributed by atoms with Crippen molar-refractivity contribution in [2.45, 2.75) is 39.7 Å². The van der Waals surface area contributed by atoms with Crippen LogP contribution >= 0.6 is 15.9 Å². The highest BCUT2D eigenvalue weighted by molar-refractivity contribution is 9.10. The van der Waals surface area contributed by atoms with Gasteiger partial charge in [-0.05, 0) is 44.2 Å². The van der Waals surface area contributed by atoms with Crippen LogP contribution in [0.1, 0.15) is 55.5 Å². The average molecular weight is 539 g/mol. The number of aryl methyl sites for hydroxylation is 1. The molecule has 3 heterocycles. The highest BCUT2D eigenvalue weighted by Crippen LogP contribution is 2.34. The van der Waals surface area contributed by atoms with Gasteiger partial charge in [0.2, 0.25) is 0 Å². The van der Waals surface area contributed by atoms with E-state index in [1.165, 1.54) is 0 Å². The molecule has 0 spiro atoms. The maximum absolute atomic E-state index is 12.4. The third-order valence-electron chi connectivity index (χ3n) is 5.73. The van der Waals surface area contributed by atoms with E-state index in [4.69, 9.17) is 14.5 Å². The molecule has 0 saturated carbocycles. The normalized spacial score (nSPS) is 15.3. The predicted octanol–water partition coefficient (Wildman–Crippen LogP) is 4.75. The van der Waals surface area contributed by atoms with Gasteiger partial charge in [-0.15, -0.1) is 0 Å². The molecule has 8 nitrogen and oxygen atoms in total. The number of imidazole rings is 1. The lowest BCUT2D eigenvalue weighted by Crippen LogP contribution is -2.22. The summed E-state index contributed by atoms with van der Waals surface area (Å²) >= 11 is 3.59. The fourth-order valence-electron chi connectivity index (χ4n) is 3.88. The number of esters is 2. The molecule has 0 N–H and O–H groups in total. The molecule has 182 valence electrons. The zero-order chi connectivity index (χ0) is 24.9. The Morgan fingerprint density at radius 3 is 2.74 bits per heavy atom. The molecule has 2 atom stereocenters. The minimum absolute atomic E-state index is 0.00466. The SMILES string of the molecule is CCC(=O)OCC(C)C(=O)OCC[C@@H]1N=C(c2ccccn2)c2cc(Br)ccc2-n2c(C)cnc21. The van der Waals surface area contributed by atoms with Gasteiger partial charge in [0.05, 0.1) is 29.6 Å². The molecule has 1 aliphatic rings. The van der Waals surface area contributed by atoms with Crippen LogP contribution < -0.4 is 0 Å². The van der Waals surface area contributed by atoms with Crippen LogP contribution in [-0.4, -0.2) is 45.4 Å². The minimum Gasteiger partial charge on any atom is -0.465 e. The van der Waals surface area contributed by atoms with Crippen molar-refractivity contribution in [3.63, 3.8) is 0 Å². The minimum atomic E-state index is -0.543. The molecular formula is C26H27BrN4O4. The Labute approximate surface area is 212 Å². The summed E-state index contributed by atoms with van der Waals surface area (Å²) in [6, 6.07) is 11.4. The molecule has 0 aliphatic carbocycles. The molecule has 35 heavy (non-hydrogen) atoms. The number of ether oxygens (including phenoxy) is 2.